The lowest BCUT2D eigenvalue weighted by Gasteiger charge is -2.22. The first-order chi connectivity index (χ1) is 34.4. The molecule has 0 amide bonds. The lowest BCUT2D eigenvalue weighted by Crippen LogP contribution is -2.33. The van der Waals surface area contributed by atoms with Crippen molar-refractivity contribution in [2.24, 2.45) is 0 Å². The van der Waals surface area contributed by atoms with Crippen LogP contribution in [0.2, 0.25) is 0 Å². The molecule has 0 aliphatic rings. The number of likely N-dealkylation sites (N-methyl/N-ethyl adjacent to an activating group) is 2. The second kappa shape index (κ2) is 23.8. The van der Waals surface area contributed by atoms with Crippen molar-refractivity contribution >= 4 is 57.3 Å². The predicted molar refractivity (Wildman–Crippen MR) is 278 cm³/mol. The number of carbonyl (C=O) groups excluding carboxylic acids is 1. The minimum absolute atomic E-state index is 0.0344. The smallest absolute Gasteiger partial charge is 0.320 e. The van der Waals surface area contributed by atoms with Gasteiger partial charge < -0.3 is 20.5 Å². The van der Waals surface area contributed by atoms with Crippen molar-refractivity contribution in [1.82, 2.24) is 69.7 Å². The first kappa shape index (κ1) is 52.0. The van der Waals surface area contributed by atoms with E-state index >= 15 is 0 Å². The van der Waals surface area contributed by atoms with Gasteiger partial charge >= 0.3 is 11.9 Å². The highest BCUT2D eigenvalue weighted by molar-refractivity contribution is 5.83. The van der Waals surface area contributed by atoms with E-state index in [1.165, 1.54) is 0 Å². The molecule has 8 rings (SSSR count). The SMILES string of the molecule is CC(C)c1cnnc(Nc2ccc3ncc(-c4cnn(CCCN(C)CC(=O)O)c4)cc3n2)c1.CC(C)c1cnnc(Nc2ccc3ncc(-c4cnn(CCCN(C)CC(=O)OC(C)(C)C)c4)cc3n2)c1. The Morgan fingerprint density at radius 1 is 0.611 bits per heavy atom. The Labute approximate surface area is 419 Å². The Kier molecular flexibility index (Phi) is 17.2. The number of aliphatic carboxylic acids is 1. The van der Waals surface area contributed by atoms with Gasteiger partial charge in [-0.25, -0.2) is 9.97 Å². The number of nitrogens with zero attached hydrogens (tertiary/aromatic N) is 14. The van der Waals surface area contributed by atoms with Gasteiger partial charge in [-0.3, -0.25) is 38.7 Å². The number of nitrogens with one attached hydrogen (secondary N) is 2. The highest BCUT2D eigenvalue weighted by atomic mass is 16.6. The molecule has 0 fully saturated rings. The topological polar surface area (TPSA) is 233 Å². The van der Waals surface area contributed by atoms with Gasteiger partial charge in [0.05, 0.1) is 59.9 Å². The number of pyridine rings is 4. The zero-order valence-electron chi connectivity index (χ0n) is 42.5. The average molecular weight is 977 g/mol. The molecule has 0 saturated carbocycles. The van der Waals surface area contributed by atoms with Crippen molar-refractivity contribution in [2.45, 2.75) is 91.8 Å². The molecule has 8 aromatic heterocycles. The maximum absolute atomic E-state index is 12.0. The summed E-state index contributed by atoms with van der Waals surface area (Å²) in [4.78, 5) is 45.1. The van der Waals surface area contributed by atoms with Crippen LogP contribution in [-0.4, -0.2) is 133 Å². The third-order valence-electron chi connectivity index (χ3n) is 11.3. The van der Waals surface area contributed by atoms with Crippen LogP contribution < -0.4 is 10.6 Å². The summed E-state index contributed by atoms with van der Waals surface area (Å²) in [5.41, 5.74) is 8.67. The van der Waals surface area contributed by atoms with Crippen molar-refractivity contribution in [3.63, 3.8) is 0 Å². The van der Waals surface area contributed by atoms with E-state index in [-0.39, 0.29) is 19.1 Å². The van der Waals surface area contributed by atoms with Crippen LogP contribution in [0.3, 0.4) is 0 Å². The van der Waals surface area contributed by atoms with E-state index in [9.17, 15) is 9.59 Å². The van der Waals surface area contributed by atoms with Gasteiger partial charge in [-0.1, -0.05) is 27.7 Å². The number of anilines is 4. The lowest BCUT2D eigenvalue weighted by molar-refractivity contribution is -0.155. The number of esters is 1. The number of aryl methyl sites for hydroxylation is 2. The van der Waals surface area contributed by atoms with Crippen molar-refractivity contribution in [1.29, 1.82) is 0 Å². The maximum atomic E-state index is 12.0. The molecule has 3 N–H and O–H groups in total. The van der Waals surface area contributed by atoms with Crippen LogP contribution in [0.5, 0.6) is 0 Å². The van der Waals surface area contributed by atoms with Crippen LogP contribution in [0.4, 0.5) is 23.3 Å². The van der Waals surface area contributed by atoms with Gasteiger partial charge in [0.2, 0.25) is 0 Å². The largest absolute Gasteiger partial charge is 0.480 e. The van der Waals surface area contributed by atoms with Gasteiger partial charge in [0.1, 0.15) is 17.2 Å². The molecule has 0 spiro atoms. The van der Waals surface area contributed by atoms with Crippen LogP contribution >= 0.6 is 0 Å². The van der Waals surface area contributed by atoms with Gasteiger partial charge in [-0.2, -0.15) is 20.4 Å². The summed E-state index contributed by atoms with van der Waals surface area (Å²) < 4.78 is 9.16. The second-order valence-corrected chi connectivity index (χ2v) is 19.4. The van der Waals surface area contributed by atoms with Crippen molar-refractivity contribution in [3.8, 4) is 22.3 Å². The van der Waals surface area contributed by atoms with E-state index in [2.05, 4.69) is 78.9 Å². The summed E-state index contributed by atoms with van der Waals surface area (Å²) in [5.74, 6) is 2.34. The number of carboxylic acid groups (broad SMARTS) is 1. The Bertz CT molecular complexity index is 3090. The predicted octanol–water partition coefficient (Wildman–Crippen LogP) is 8.37. The van der Waals surface area contributed by atoms with Crippen molar-refractivity contribution in [3.05, 3.63) is 109 Å². The highest BCUT2D eigenvalue weighted by Crippen LogP contribution is 2.26. The molecule has 72 heavy (non-hydrogen) atoms. The van der Waals surface area contributed by atoms with Crippen molar-refractivity contribution in [2.75, 3.05) is 50.9 Å². The van der Waals surface area contributed by atoms with E-state index in [1.807, 2.05) is 122 Å². The number of hydrogen-bond donors (Lipinski definition) is 3. The van der Waals surface area contributed by atoms with Gasteiger partial charge in [0.25, 0.3) is 0 Å². The molecule has 20 nitrogen and oxygen atoms in total. The summed E-state index contributed by atoms with van der Waals surface area (Å²) >= 11 is 0. The molecule has 0 unspecified atom stereocenters. The molecule has 0 aliphatic heterocycles. The first-order valence-corrected chi connectivity index (χ1v) is 24.0. The Morgan fingerprint density at radius 2 is 1.07 bits per heavy atom. The number of ether oxygens (including phenoxy) is 1. The summed E-state index contributed by atoms with van der Waals surface area (Å²) in [6.07, 6.45) is 16.5. The zero-order chi connectivity index (χ0) is 51.4. The Morgan fingerprint density at radius 3 is 1.50 bits per heavy atom. The second-order valence-electron chi connectivity index (χ2n) is 19.4. The van der Waals surface area contributed by atoms with Crippen molar-refractivity contribution < 1.29 is 19.4 Å². The minimum Gasteiger partial charge on any atom is -0.480 e. The summed E-state index contributed by atoms with van der Waals surface area (Å²) in [7, 11) is 3.72. The summed E-state index contributed by atoms with van der Waals surface area (Å²) in [6.45, 7) is 17.3. The number of rotatable bonds is 20. The molecule has 0 bridgehead atoms. The fourth-order valence-corrected chi connectivity index (χ4v) is 7.51. The van der Waals surface area contributed by atoms with Gasteiger partial charge in [0.15, 0.2) is 11.6 Å². The quantitative estimate of drug-likeness (QED) is 0.0609. The monoisotopic (exact) mass is 977 g/mol. The highest BCUT2D eigenvalue weighted by Gasteiger charge is 2.18. The molecule has 0 radical (unpaired) electrons. The molecule has 20 heteroatoms. The number of hydrogen-bond acceptors (Lipinski definition) is 17. The molecule has 0 aromatic carbocycles. The van der Waals surface area contributed by atoms with E-state index < -0.39 is 11.6 Å². The minimum atomic E-state index is -0.823. The molecule has 0 aliphatic carbocycles. The molecule has 8 aromatic rings. The van der Waals surface area contributed by atoms with Gasteiger partial charge in [-0.15, -0.1) is 10.2 Å². The molecule has 376 valence electrons. The van der Waals surface area contributed by atoms with Gasteiger partial charge in [-0.05, 0) is 119 Å². The third-order valence-corrected chi connectivity index (χ3v) is 11.3. The number of carbonyl (C=O) groups is 2. The average Bonchev–Trinajstić information content (AvgIpc) is 4.01. The maximum Gasteiger partial charge on any atom is 0.320 e. The first-order valence-electron chi connectivity index (χ1n) is 24.0. The molecule has 8 heterocycles. The van der Waals surface area contributed by atoms with Crippen LogP contribution in [0.25, 0.3) is 44.3 Å². The Hall–Kier alpha value is -7.84. The van der Waals surface area contributed by atoms with E-state index in [4.69, 9.17) is 19.8 Å². The fraction of sp³-hybridized carbons (Fsp3) is 0.385. The van der Waals surface area contributed by atoms with Crippen LogP contribution in [0, 0.1) is 0 Å². The normalized spacial score (nSPS) is 11.7. The van der Waals surface area contributed by atoms with Crippen LogP contribution in [0.1, 0.15) is 84.3 Å². The van der Waals surface area contributed by atoms with Gasteiger partial charge in [0, 0.05) is 73.2 Å². The summed E-state index contributed by atoms with van der Waals surface area (Å²) in [5, 5.41) is 40.8. The standard InChI is InChI=1S/C28H36N8O2.C24H28N8O2/c1-19(2)20-13-26(34-30-15-20)33-25-9-8-23-24(32-25)12-21(14-29-23)22-16-31-36(17-22)11-7-10-35(6)18-27(37)38-28(3,4)5;1-16(2)17-10-23(30-26-12-17)29-22-6-5-20-21(28-22)9-18(11-25-20)19-13-27-32(14-19)8-4-7-31(3)15-24(33)34/h8-9,12-17,19H,7,10-11,18H2,1-6H3,(H,32,33,34);5-6,9-14,16H,4,7-8,15H2,1-3H3,(H,33,34)(H,28,29,30). The lowest BCUT2D eigenvalue weighted by atomic mass is 10.1. The zero-order valence-corrected chi connectivity index (χ0v) is 42.5. The summed E-state index contributed by atoms with van der Waals surface area (Å²) in [6, 6.07) is 15.6. The fourth-order valence-electron chi connectivity index (χ4n) is 7.51. The van der Waals surface area contributed by atoms with Crippen LogP contribution in [0.15, 0.2) is 98.1 Å². The third kappa shape index (κ3) is 15.3. The van der Waals surface area contributed by atoms with E-state index in [1.54, 1.807) is 30.5 Å². The number of carboxylic acids is 1. The molecular weight excluding hydrogens is 913 g/mol. The van der Waals surface area contributed by atoms with E-state index in [0.29, 0.717) is 48.2 Å². The number of fused-ring (bicyclic) bond motifs is 2. The van der Waals surface area contributed by atoms with Crippen LogP contribution in [-0.2, 0) is 27.4 Å². The molecular formula is C52H64N16O4. The van der Waals surface area contributed by atoms with E-state index in [0.717, 1.165) is 81.4 Å². The molecule has 0 saturated heterocycles. The Balaban J connectivity index is 0.000000213. The molecule has 0 atom stereocenters. The number of aromatic nitrogens is 12.